The van der Waals surface area contributed by atoms with E-state index in [4.69, 9.17) is 5.26 Å². The van der Waals surface area contributed by atoms with Crippen LogP contribution in [0.25, 0.3) is 0 Å². The van der Waals surface area contributed by atoms with Crippen molar-refractivity contribution in [2.75, 3.05) is 0 Å². The van der Waals surface area contributed by atoms with Crippen molar-refractivity contribution in [2.24, 2.45) is 0 Å². The lowest BCUT2D eigenvalue weighted by atomic mass is 10.1. The summed E-state index contributed by atoms with van der Waals surface area (Å²) in [6, 6.07) is 2.09. The Morgan fingerprint density at radius 2 is 1.85 bits per heavy atom. The largest absolute Gasteiger partial charge is 0.574 e. The first-order valence-corrected chi connectivity index (χ1v) is 5.99. The molecule has 0 aromatic carbocycles. The van der Waals surface area contributed by atoms with E-state index in [-0.39, 0.29) is 16.6 Å². The average molecular weight is 363 g/mol. The van der Waals surface area contributed by atoms with Crippen molar-refractivity contribution in [3.05, 3.63) is 22.9 Å². The summed E-state index contributed by atoms with van der Waals surface area (Å²) >= 11 is 2.89. The smallest absolute Gasteiger partial charge is 0.387 e. The van der Waals surface area contributed by atoms with Gasteiger partial charge in [-0.2, -0.15) is 18.4 Å². The highest BCUT2D eigenvalue weighted by molar-refractivity contribution is 9.08. The van der Waals surface area contributed by atoms with Crippen LogP contribution >= 0.6 is 15.9 Å². The van der Waals surface area contributed by atoms with E-state index in [1.54, 1.807) is 6.07 Å². The normalized spacial score (nSPS) is 12.1. The van der Waals surface area contributed by atoms with Crippen LogP contribution in [-0.4, -0.2) is 11.3 Å². The summed E-state index contributed by atoms with van der Waals surface area (Å²) < 4.78 is 77.7. The van der Waals surface area contributed by atoms with Crippen molar-refractivity contribution in [3.8, 4) is 11.9 Å². The van der Waals surface area contributed by atoms with E-state index >= 15 is 0 Å². The van der Waals surface area contributed by atoms with E-state index in [2.05, 4.69) is 25.7 Å². The van der Waals surface area contributed by atoms with Gasteiger partial charge >= 0.3 is 12.5 Å². The molecule has 0 radical (unpaired) electrons. The second-order valence-corrected chi connectivity index (χ2v) is 4.02. The van der Waals surface area contributed by atoms with E-state index in [0.717, 1.165) is 0 Å². The molecule has 0 unspecified atom stereocenters. The summed E-state index contributed by atoms with van der Waals surface area (Å²) in [6.45, 7) is 0. The number of nitriles is 1. The van der Waals surface area contributed by atoms with E-state index in [9.17, 15) is 26.3 Å². The van der Waals surface area contributed by atoms with Crippen LogP contribution in [0.1, 0.15) is 16.8 Å². The Morgan fingerprint density at radius 3 is 2.25 bits per heavy atom. The minimum atomic E-state index is -5.31. The highest BCUT2D eigenvalue weighted by atomic mass is 79.9. The summed E-state index contributed by atoms with van der Waals surface area (Å²) in [5.74, 6) is -1.61. The third kappa shape index (κ3) is 4.26. The number of hydrogen-bond donors (Lipinski definition) is 0. The maximum Gasteiger partial charge on any atom is 0.574 e. The van der Waals surface area contributed by atoms with Gasteiger partial charge in [0.15, 0.2) is 0 Å². The maximum absolute atomic E-state index is 12.7. The molecule has 0 aliphatic heterocycles. The lowest BCUT2D eigenvalue weighted by Crippen LogP contribution is -2.22. The van der Waals surface area contributed by atoms with Gasteiger partial charge in [-0.05, 0) is 11.6 Å². The Labute approximate surface area is 117 Å². The number of ether oxygens (including phenoxy) is 1. The van der Waals surface area contributed by atoms with E-state index < -0.39 is 30.4 Å². The summed E-state index contributed by atoms with van der Waals surface area (Å²) in [5, 5.41) is 8.41. The monoisotopic (exact) mass is 362 g/mol. The molecule has 3 nitrogen and oxygen atoms in total. The Balaban J connectivity index is 3.45. The first-order valence-electron chi connectivity index (χ1n) is 4.87. The molecule has 0 atom stereocenters. The number of aromatic nitrogens is 1. The van der Waals surface area contributed by atoms with Crippen molar-refractivity contribution in [1.82, 2.24) is 4.98 Å². The predicted molar refractivity (Wildman–Crippen MR) is 57.9 cm³/mol. The molecule has 1 rings (SSSR count). The molecular formula is C10H5BrF6N2O. The second-order valence-electron chi connectivity index (χ2n) is 3.46. The van der Waals surface area contributed by atoms with Gasteiger partial charge in [0.05, 0.1) is 18.2 Å². The van der Waals surface area contributed by atoms with Gasteiger partial charge in [-0.15, -0.1) is 13.2 Å². The molecule has 0 fully saturated rings. The predicted octanol–water partition coefficient (Wildman–Crippen LogP) is 3.96. The zero-order chi connectivity index (χ0) is 15.6. The molecule has 0 saturated heterocycles. The van der Waals surface area contributed by atoms with Crippen LogP contribution < -0.4 is 4.74 Å². The number of halogens is 7. The van der Waals surface area contributed by atoms with Crippen LogP contribution in [0.4, 0.5) is 26.3 Å². The van der Waals surface area contributed by atoms with Gasteiger partial charge in [0.1, 0.15) is 5.56 Å². The van der Waals surface area contributed by atoms with Crippen LogP contribution in [0.2, 0.25) is 0 Å². The van der Waals surface area contributed by atoms with Crippen LogP contribution in [0, 0.1) is 11.3 Å². The summed E-state index contributed by atoms with van der Waals surface area (Å²) in [6.07, 6.45) is -10.8. The first kappa shape index (κ1) is 16.6. The lowest BCUT2D eigenvalue weighted by Gasteiger charge is -2.16. The Morgan fingerprint density at radius 1 is 1.25 bits per heavy atom. The first-order chi connectivity index (χ1) is 9.08. The molecule has 0 amide bonds. The Hall–Kier alpha value is -1.50. The standard InChI is InChI=1S/C10H5BrF6N2O/c11-4-5-3-6(9(12,13)14)8(20-10(15,16)17)19-7(5)1-2-18/h3H,1,4H2. The van der Waals surface area contributed by atoms with Gasteiger partial charge in [-0.25, -0.2) is 4.98 Å². The zero-order valence-corrected chi connectivity index (χ0v) is 11.0. The molecule has 110 valence electrons. The molecule has 0 saturated carbocycles. The van der Waals surface area contributed by atoms with Crippen LogP contribution in [0.15, 0.2) is 6.07 Å². The SMILES string of the molecule is N#CCc1nc(OC(F)(F)F)c(C(F)(F)F)cc1CBr. The molecular weight excluding hydrogens is 358 g/mol. The fraction of sp³-hybridized carbons (Fsp3) is 0.400. The van der Waals surface area contributed by atoms with Crippen molar-refractivity contribution in [1.29, 1.82) is 5.26 Å². The molecule has 0 aliphatic rings. The van der Waals surface area contributed by atoms with Crippen molar-refractivity contribution >= 4 is 15.9 Å². The Kier molecular flexibility index (Phi) is 4.86. The number of hydrogen-bond acceptors (Lipinski definition) is 3. The van der Waals surface area contributed by atoms with Crippen molar-refractivity contribution in [3.63, 3.8) is 0 Å². The second kappa shape index (κ2) is 5.87. The Bertz CT molecular complexity index is 534. The summed E-state index contributed by atoms with van der Waals surface area (Å²) in [4.78, 5) is 3.17. The molecule has 1 aromatic heterocycles. The van der Waals surface area contributed by atoms with Crippen molar-refractivity contribution < 1.29 is 31.1 Å². The van der Waals surface area contributed by atoms with Crippen molar-refractivity contribution in [2.45, 2.75) is 24.3 Å². The molecule has 0 aliphatic carbocycles. The molecule has 0 bridgehead atoms. The van der Waals surface area contributed by atoms with E-state index in [0.29, 0.717) is 6.07 Å². The number of pyridine rings is 1. The fourth-order valence-electron chi connectivity index (χ4n) is 1.31. The van der Waals surface area contributed by atoms with Gasteiger partial charge < -0.3 is 4.74 Å². The van der Waals surface area contributed by atoms with Crippen LogP contribution in [-0.2, 0) is 17.9 Å². The van der Waals surface area contributed by atoms with E-state index in [1.165, 1.54) is 0 Å². The highest BCUT2D eigenvalue weighted by Crippen LogP contribution is 2.38. The van der Waals surface area contributed by atoms with Gasteiger partial charge in [-0.1, -0.05) is 15.9 Å². The van der Waals surface area contributed by atoms with Crippen LogP contribution in [0.5, 0.6) is 5.88 Å². The molecule has 0 N–H and O–H groups in total. The summed E-state index contributed by atoms with van der Waals surface area (Å²) in [5.41, 5.74) is -1.89. The minimum Gasteiger partial charge on any atom is -0.387 e. The molecule has 0 spiro atoms. The molecule has 1 aromatic rings. The zero-order valence-electron chi connectivity index (χ0n) is 9.44. The topological polar surface area (TPSA) is 45.9 Å². The van der Waals surface area contributed by atoms with Crippen LogP contribution in [0.3, 0.4) is 0 Å². The molecule has 10 heteroatoms. The number of nitrogens with zero attached hydrogens (tertiary/aromatic N) is 2. The van der Waals surface area contributed by atoms with Gasteiger partial charge in [0, 0.05) is 5.33 Å². The minimum absolute atomic E-state index is 0.0339. The van der Waals surface area contributed by atoms with Gasteiger partial charge in [0.2, 0.25) is 5.88 Å². The third-order valence-electron chi connectivity index (χ3n) is 2.06. The number of alkyl halides is 7. The molecule has 20 heavy (non-hydrogen) atoms. The fourth-order valence-corrected chi connectivity index (χ4v) is 1.79. The lowest BCUT2D eigenvalue weighted by molar-refractivity contribution is -0.277. The average Bonchev–Trinajstić information content (AvgIpc) is 2.25. The molecule has 1 heterocycles. The highest BCUT2D eigenvalue weighted by Gasteiger charge is 2.41. The quantitative estimate of drug-likeness (QED) is 0.603. The van der Waals surface area contributed by atoms with Gasteiger partial charge in [-0.3, -0.25) is 0 Å². The maximum atomic E-state index is 12.7. The third-order valence-corrected chi connectivity index (χ3v) is 2.67. The van der Waals surface area contributed by atoms with E-state index in [1.807, 2.05) is 0 Å². The summed E-state index contributed by atoms with van der Waals surface area (Å²) in [7, 11) is 0. The van der Waals surface area contributed by atoms with Gasteiger partial charge in [0.25, 0.3) is 0 Å². The number of rotatable bonds is 3.